The Bertz CT molecular complexity index is 416. The summed E-state index contributed by atoms with van der Waals surface area (Å²) in [5.74, 6) is 0.222. The molecule has 18 heavy (non-hydrogen) atoms. The number of hydrogen-bond acceptors (Lipinski definition) is 3. The Kier molecular flexibility index (Phi) is 3.75. The van der Waals surface area contributed by atoms with E-state index in [-0.39, 0.29) is 11.9 Å². The summed E-state index contributed by atoms with van der Waals surface area (Å²) < 4.78 is 0. The first-order valence-corrected chi connectivity index (χ1v) is 6.50. The fourth-order valence-corrected chi connectivity index (χ4v) is 2.46. The van der Waals surface area contributed by atoms with Crippen LogP contribution >= 0.6 is 0 Å². The predicted octanol–water partition coefficient (Wildman–Crippen LogP) is 1.72. The highest BCUT2D eigenvalue weighted by atomic mass is 16.2. The van der Waals surface area contributed by atoms with Gasteiger partial charge >= 0.3 is 0 Å². The van der Waals surface area contributed by atoms with E-state index in [1.807, 2.05) is 36.2 Å². The highest BCUT2D eigenvalue weighted by molar-refractivity contribution is 5.87. The zero-order chi connectivity index (χ0) is 13.1. The molecule has 0 radical (unpaired) electrons. The van der Waals surface area contributed by atoms with Crippen molar-refractivity contribution in [2.45, 2.75) is 25.8 Å². The SMILES string of the molecule is CCCN(c1ccc(N)cc1)C1CCN(C)C1=O. The standard InChI is InChI=1S/C14H21N3O/c1-3-9-17(12-6-4-11(15)5-7-12)13-8-10-16(2)14(13)18/h4-7,13H,3,8-10,15H2,1-2H3. The van der Waals surface area contributed by atoms with Crippen LogP contribution in [0, 0.1) is 0 Å². The lowest BCUT2D eigenvalue weighted by Gasteiger charge is -2.29. The summed E-state index contributed by atoms with van der Waals surface area (Å²) in [7, 11) is 1.87. The molecule has 2 rings (SSSR count). The summed E-state index contributed by atoms with van der Waals surface area (Å²) in [6, 6.07) is 7.76. The maximum Gasteiger partial charge on any atom is 0.245 e. The lowest BCUT2D eigenvalue weighted by atomic mass is 10.1. The quantitative estimate of drug-likeness (QED) is 0.824. The van der Waals surface area contributed by atoms with Crippen LogP contribution in [-0.2, 0) is 4.79 Å². The number of carbonyl (C=O) groups is 1. The van der Waals surface area contributed by atoms with Crippen molar-refractivity contribution < 1.29 is 4.79 Å². The Morgan fingerprint density at radius 3 is 2.56 bits per heavy atom. The molecule has 0 aliphatic carbocycles. The van der Waals surface area contributed by atoms with Crippen molar-refractivity contribution >= 4 is 17.3 Å². The number of nitrogens with zero attached hydrogens (tertiary/aromatic N) is 2. The number of likely N-dealkylation sites (N-methyl/N-ethyl adjacent to an activating group) is 1. The first kappa shape index (κ1) is 12.7. The van der Waals surface area contributed by atoms with Crippen molar-refractivity contribution in [2.75, 3.05) is 30.8 Å². The number of benzene rings is 1. The third-order valence-electron chi connectivity index (χ3n) is 3.46. The normalized spacial score (nSPS) is 19.3. The molecule has 1 aliphatic heterocycles. The largest absolute Gasteiger partial charge is 0.399 e. The van der Waals surface area contributed by atoms with E-state index in [1.165, 1.54) is 0 Å². The van der Waals surface area contributed by atoms with Gasteiger partial charge in [-0.3, -0.25) is 4.79 Å². The van der Waals surface area contributed by atoms with Crippen molar-refractivity contribution in [3.05, 3.63) is 24.3 Å². The van der Waals surface area contributed by atoms with Crippen LogP contribution in [0.15, 0.2) is 24.3 Å². The van der Waals surface area contributed by atoms with Crippen molar-refractivity contribution in [3.63, 3.8) is 0 Å². The molecule has 0 bridgehead atoms. The molecule has 2 N–H and O–H groups in total. The van der Waals surface area contributed by atoms with E-state index in [9.17, 15) is 4.79 Å². The van der Waals surface area contributed by atoms with Crippen LogP contribution in [0.2, 0.25) is 0 Å². The van der Waals surface area contributed by atoms with Crippen molar-refractivity contribution in [3.8, 4) is 0 Å². The fourth-order valence-electron chi connectivity index (χ4n) is 2.46. The van der Waals surface area contributed by atoms with Crippen LogP contribution in [0.1, 0.15) is 19.8 Å². The van der Waals surface area contributed by atoms with Gasteiger partial charge in [0.1, 0.15) is 6.04 Å². The minimum atomic E-state index is -0.0152. The summed E-state index contributed by atoms with van der Waals surface area (Å²) in [6.45, 7) is 3.88. The third kappa shape index (κ3) is 2.42. The van der Waals surface area contributed by atoms with Crippen LogP contribution in [0.25, 0.3) is 0 Å². The molecule has 0 spiro atoms. The lowest BCUT2D eigenvalue weighted by molar-refractivity contribution is -0.127. The molecule has 1 aliphatic rings. The van der Waals surface area contributed by atoms with E-state index in [0.29, 0.717) is 0 Å². The molecule has 98 valence electrons. The van der Waals surface area contributed by atoms with E-state index in [4.69, 9.17) is 5.73 Å². The lowest BCUT2D eigenvalue weighted by Crippen LogP contribution is -2.41. The molecule has 1 unspecified atom stereocenters. The van der Waals surface area contributed by atoms with Crippen LogP contribution in [-0.4, -0.2) is 37.0 Å². The average molecular weight is 247 g/mol. The molecule has 4 heteroatoms. The van der Waals surface area contributed by atoms with Crippen molar-refractivity contribution in [1.29, 1.82) is 0 Å². The highest BCUT2D eigenvalue weighted by Crippen LogP contribution is 2.24. The smallest absolute Gasteiger partial charge is 0.245 e. The minimum absolute atomic E-state index is 0.0152. The number of carbonyl (C=O) groups excluding carboxylic acids is 1. The number of likely N-dealkylation sites (tertiary alicyclic amines) is 1. The average Bonchev–Trinajstić information content (AvgIpc) is 2.69. The van der Waals surface area contributed by atoms with E-state index in [0.717, 1.165) is 37.3 Å². The molecule has 1 heterocycles. The maximum absolute atomic E-state index is 12.1. The molecular formula is C14H21N3O. The first-order valence-electron chi connectivity index (χ1n) is 6.50. The second-order valence-electron chi connectivity index (χ2n) is 4.85. The second-order valence-corrected chi connectivity index (χ2v) is 4.85. The summed E-state index contributed by atoms with van der Waals surface area (Å²) in [6.07, 6.45) is 1.93. The van der Waals surface area contributed by atoms with Gasteiger partial charge in [-0.15, -0.1) is 0 Å². The van der Waals surface area contributed by atoms with Crippen LogP contribution in [0.4, 0.5) is 11.4 Å². The number of hydrogen-bond donors (Lipinski definition) is 1. The first-order chi connectivity index (χ1) is 8.63. The van der Waals surface area contributed by atoms with Gasteiger partial charge in [-0.05, 0) is 37.1 Å². The van der Waals surface area contributed by atoms with E-state index in [2.05, 4.69) is 11.8 Å². The summed E-state index contributed by atoms with van der Waals surface area (Å²) in [5, 5.41) is 0. The molecule has 1 atom stereocenters. The number of amides is 1. The predicted molar refractivity (Wildman–Crippen MR) is 74.5 cm³/mol. The monoisotopic (exact) mass is 247 g/mol. The molecule has 1 aromatic carbocycles. The third-order valence-corrected chi connectivity index (χ3v) is 3.46. The topological polar surface area (TPSA) is 49.6 Å². The number of anilines is 2. The van der Waals surface area contributed by atoms with Crippen LogP contribution in [0.5, 0.6) is 0 Å². The number of rotatable bonds is 4. The number of nitrogen functional groups attached to an aromatic ring is 1. The van der Waals surface area contributed by atoms with Crippen molar-refractivity contribution in [1.82, 2.24) is 4.90 Å². The van der Waals surface area contributed by atoms with Crippen LogP contribution < -0.4 is 10.6 Å². The van der Waals surface area contributed by atoms with Gasteiger partial charge in [-0.25, -0.2) is 0 Å². The summed E-state index contributed by atoms with van der Waals surface area (Å²) in [4.78, 5) is 16.1. The molecule has 1 fully saturated rings. The van der Waals surface area contributed by atoms with Gasteiger partial charge in [-0.2, -0.15) is 0 Å². The molecule has 1 saturated heterocycles. The summed E-state index contributed by atoms with van der Waals surface area (Å²) in [5.41, 5.74) is 7.55. The van der Waals surface area contributed by atoms with Gasteiger partial charge in [0.2, 0.25) is 5.91 Å². The fraction of sp³-hybridized carbons (Fsp3) is 0.500. The van der Waals surface area contributed by atoms with Crippen molar-refractivity contribution in [2.24, 2.45) is 0 Å². The minimum Gasteiger partial charge on any atom is -0.399 e. The molecule has 4 nitrogen and oxygen atoms in total. The van der Waals surface area contributed by atoms with E-state index in [1.54, 1.807) is 0 Å². The number of nitrogens with two attached hydrogens (primary N) is 1. The van der Waals surface area contributed by atoms with Gasteiger partial charge in [0.05, 0.1) is 0 Å². The van der Waals surface area contributed by atoms with Crippen LogP contribution in [0.3, 0.4) is 0 Å². The summed E-state index contributed by atoms with van der Waals surface area (Å²) >= 11 is 0. The highest BCUT2D eigenvalue weighted by Gasteiger charge is 2.33. The van der Waals surface area contributed by atoms with Gasteiger partial charge in [0.25, 0.3) is 0 Å². The Morgan fingerprint density at radius 2 is 2.06 bits per heavy atom. The molecule has 0 aromatic heterocycles. The Morgan fingerprint density at radius 1 is 1.39 bits per heavy atom. The molecule has 1 amide bonds. The zero-order valence-corrected chi connectivity index (χ0v) is 11.1. The van der Waals surface area contributed by atoms with Gasteiger partial charge in [0, 0.05) is 31.5 Å². The zero-order valence-electron chi connectivity index (χ0n) is 11.1. The molecule has 1 aromatic rings. The second kappa shape index (κ2) is 5.29. The molecule has 0 saturated carbocycles. The van der Waals surface area contributed by atoms with E-state index < -0.39 is 0 Å². The maximum atomic E-state index is 12.1. The van der Waals surface area contributed by atoms with Gasteiger partial charge in [0.15, 0.2) is 0 Å². The Hall–Kier alpha value is -1.71. The van der Waals surface area contributed by atoms with E-state index >= 15 is 0 Å². The van der Waals surface area contributed by atoms with Gasteiger partial charge < -0.3 is 15.5 Å². The molecular weight excluding hydrogens is 226 g/mol. The van der Waals surface area contributed by atoms with Gasteiger partial charge in [-0.1, -0.05) is 6.92 Å². The Labute approximate surface area is 108 Å². The Balaban J connectivity index is 2.23.